The highest BCUT2D eigenvalue weighted by atomic mass is 79.9. The van der Waals surface area contributed by atoms with Crippen molar-refractivity contribution in [2.24, 2.45) is 0 Å². The lowest BCUT2D eigenvalue weighted by molar-refractivity contribution is -0.387. The molecule has 0 spiro atoms. The number of rotatable bonds is 4. The van der Waals surface area contributed by atoms with E-state index in [1.54, 1.807) is 0 Å². The van der Waals surface area contributed by atoms with Crippen LogP contribution in [-0.4, -0.2) is 4.92 Å². The van der Waals surface area contributed by atoms with Gasteiger partial charge in [-0.3, -0.25) is 10.1 Å². The van der Waals surface area contributed by atoms with Crippen molar-refractivity contribution >= 4 is 21.6 Å². The molecule has 0 unspecified atom stereocenters. The van der Waals surface area contributed by atoms with E-state index in [-0.39, 0.29) is 22.4 Å². The number of nitro groups is 1. The van der Waals surface area contributed by atoms with Crippen molar-refractivity contribution in [2.75, 3.05) is 0 Å². The van der Waals surface area contributed by atoms with Gasteiger partial charge in [-0.25, -0.2) is 8.78 Å². The Labute approximate surface area is 125 Å². The van der Waals surface area contributed by atoms with Crippen LogP contribution >= 0.6 is 15.9 Å². The third kappa shape index (κ3) is 3.52. The van der Waals surface area contributed by atoms with Crippen LogP contribution in [0.25, 0.3) is 0 Å². The Bertz CT molecular complexity index is 686. The lowest BCUT2D eigenvalue weighted by atomic mass is 10.2. The SMILES string of the molecule is O=[N+]([O-])c1ccc(COc2c(F)cc(F)cc2Br)cc1F. The molecule has 0 amide bonds. The summed E-state index contributed by atoms with van der Waals surface area (Å²) in [6.45, 7) is -0.226. The Morgan fingerprint density at radius 3 is 2.43 bits per heavy atom. The Kier molecular flexibility index (Phi) is 4.46. The van der Waals surface area contributed by atoms with Crippen molar-refractivity contribution in [1.82, 2.24) is 0 Å². The third-order valence-electron chi connectivity index (χ3n) is 2.56. The highest BCUT2D eigenvalue weighted by Crippen LogP contribution is 2.30. The van der Waals surface area contributed by atoms with Crippen molar-refractivity contribution in [3.05, 3.63) is 67.9 Å². The van der Waals surface area contributed by atoms with Crippen LogP contribution in [0.15, 0.2) is 34.8 Å². The molecule has 0 bridgehead atoms. The fourth-order valence-electron chi connectivity index (χ4n) is 1.61. The first-order valence-corrected chi connectivity index (χ1v) is 6.38. The number of hydrogen-bond donors (Lipinski definition) is 0. The summed E-state index contributed by atoms with van der Waals surface area (Å²) in [5, 5.41) is 10.5. The van der Waals surface area contributed by atoms with E-state index in [9.17, 15) is 23.3 Å². The fourth-order valence-corrected chi connectivity index (χ4v) is 2.13. The van der Waals surface area contributed by atoms with E-state index in [2.05, 4.69) is 15.9 Å². The minimum absolute atomic E-state index is 0.0717. The van der Waals surface area contributed by atoms with Crippen molar-refractivity contribution in [3.63, 3.8) is 0 Å². The highest BCUT2D eigenvalue weighted by Gasteiger charge is 2.15. The summed E-state index contributed by atoms with van der Waals surface area (Å²) < 4.78 is 45.0. The van der Waals surface area contributed by atoms with E-state index >= 15 is 0 Å². The molecule has 110 valence electrons. The molecule has 0 saturated heterocycles. The predicted molar refractivity (Wildman–Crippen MR) is 71.4 cm³/mol. The van der Waals surface area contributed by atoms with E-state index in [0.717, 1.165) is 18.2 Å². The second kappa shape index (κ2) is 6.13. The number of ether oxygens (including phenoxy) is 1. The quantitative estimate of drug-likeness (QED) is 0.600. The molecule has 2 rings (SSSR count). The van der Waals surface area contributed by atoms with Crippen LogP contribution in [0.4, 0.5) is 18.9 Å². The van der Waals surface area contributed by atoms with E-state index in [0.29, 0.717) is 6.07 Å². The number of hydrogen-bond acceptors (Lipinski definition) is 3. The van der Waals surface area contributed by atoms with Crippen LogP contribution in [0.2, 0.25) is 0 Å². The molecule has 21 heavy (non-hydrogen) atoms. The van der Waals surface area contributed by atoms with E-state index in [1.807, 2.05) is 0 Å². The Morgan fingerprint density at radius 2 is 1.86 bits per heavy atom. The number of benzene rings is 2. The number of halogens is 4. The average molecular weight is 362 g/mol. The molecule has 0 aliphatic carbocycles. The van der Waals surface area contributed by atoms with Gasteiger partial charge < -0.3 is 4.74 Å². The first kappa shape index (κ1) is 15.3. The van der Waals surface area contributed by atoms with E-state index in [4.69, 9.17) is 4.74 Å². The summed E-state index contributed by atoms with van der Waals surface area (Å²) >= 11 is 2.95. The summed E-state index contributed by atoms with van der Waals surface area (Å²) in [7, 11) is 0. The van der Waals surface area contributed by atoms with Gasteiger partial charge in [0.15, 0.2) is 11.6 Å². The second-order valence-electron chi connectivity index (χ2n) is 4.03. The van der Waals surface area contributed by atoms with Crippen LogP contribution in [0.5, 0.6) is 5.75 Å². The largest absolute Gasteiger partial charge is 0.485 e. The molecule has 0 saturated carbocycles. The molecule has 0 atom stereocenters. The average Bonchev–Trinajstić information content (AvgIpc) is 2.36. The number of nitro benzene ring substituents is 1. The van der Waals surface area contributed by atoms with Crippen molar-refractivity contribution in [1.29, 1.82) is 0 Å². The van der Waals surface area contributed by atoms with Gasteiger partial charge in [-0.05, 0) is 39.7 Å². The molecule has 0 radical (unpaired) electrons. The summed E-state index contributed by atoms with van der Waals surface area (Å²) in [5.74, 6) is -2.92. The van der Waals surface area contributed by atoms with Gasteiger partial charge in [0.05, 0.1) is 9.40 Å². The van der Waals surface area contributed by atoms with Crippen molar-refractivity contribution in [3.8, 4) is 5.75 Å². The minimum Gasteiger partial charge on any atom is -0.485 e. The van der Waals surface area contributed by atoms with Gasteiger partial charge in [-0.2, -0.15) is 4.39 Å². The lowest BCUT2D eigenvalue weighted by Crippen LogP contribution is -2.01. The van der Waals surface area contributed by atoms with Gasteiger partial charge in [-0.15, -0.1) is 0 Å². The smallest absolute Gasteiger partial charge is 0.304 e. The minimum atomic E-state index is -1.01. The van der Waals surface area contributed by atoms with Crippen LogP contribution < -0.4 is 4.74 Å². The first-order chi connectivity index (χ1) is 9.88. The van der Waals surface area contributed by atoms with Crippen LogP contribution in [0, 0.1) is 27.6 Å². The maximum atomic E-state index is 13.5. The predicted octanol–water partition coefficient (Wildman–Crippen LogP) is 4.35. The second-order valence-corrected chi connectivity index (χ2v) is 4.88. The highest BCUT2D eigenvalue weighted by molar-refractivity contribution is 9.10. The van der Waals surface area contributed by atoms with Gasteiger partial charge in [0.25, 0.3) is 0 Å². The van der Waals surface area contributed by atoms with Crippen molar-refractivity contribution in [2.45, 2.75) is 6.61 Å². The molecular formula is C13H7BrF3NO3. The maximum Gasteiger partial charge on any atom is 0.304 e. The van der Waals surface area contributed by atoms with Crippen LogP contribution in [0.1, 0.15) is 5.56 Å². The van der Waals surface area contributed by atoms with Crippen molar-refractivity contribution < 1.29 is 22.8 Å². The third-order valence-corrected chi connectivity index (χ3v) is 3.14. The molecule has 0 heterocycles. The van der Waals surface area contributed by atoms with Crippen LogP contribution in [-0.2, 0) is 6.61 Å². The summed E-state index contributed by atoms with van der Waals surface area (Å²) in [4.78, 5) is 9.63. The molecule has 0 aliphatic rings. The Morgan fingerprint density at radius 1 is 1.14 bits per heavy atom. The molecule has 0 N–H and O–H groups in total. The van der Waals surface area contributed by atoms with Gasteiger partial charge in [-0.1, -0.05) is 0 Å². The van der Waals surface area contributed by atoms with Gasteiger partial charge in [0.1, 0.15) is 12.4 Å². The standard InChI is InChI=1S/C13H7BrF3NO3/c14-9-4-8(15)5-11(17)13(9)21-6-7-1-2-12(18(19)20)10(16)3-7/h1-5H,6H2. The van der Waals surface area contributed by atoms with Gasteiger partial charge in [0, 0.05) is 12.1 Å². The van der Waals surface area contributed by atoms with E-state index in [1.165, 1.54) is 6.07 Å². The maximum absolute atomic E-state index is 13.5. The van der Waals surface area contributed by atoms with E-state index < -0.39 is 28.1 Å². The Hall–Kier alpha value is -2.09. The summed E-state index contributed by atoms with van der Waals surface area (Å²) in [5.41, 5.74) is -0.387. The molecule has 0 fully saturated rings. The normalized spacial score (nSPS) is 10.5. The summed E-state index contributed by atoms with van der Waals surface area (Å²) in [6.07, 6.45) is 0. The summed E-state index contributed by atoms with van der Waals surface area (Å²) in [6, 6.07) is 4.87. The molecule has 0 aliphatic heterocycles. The molecule has 4 nitrogen and oxygen atoms in total. The molecule has 2 aromatic carbocycles. The zero-order valence-electron chi connectivity index (χ0n) is 10.3. The zero-order valence-corrected chi connectivity index (χ0v) is 11.9. The van der Waals surface area contributed by atoms with Crippen LogP contribution in [0.3, 0.4) is 0 Å². The zero-order chi connectivity index (χ0) is 15.6. The molecule has 0 aromatic heterocycles. The van der Waals surface area contributed by atoms with Gasteiger partial charge in [0.2, 0.25) is 5.82 Å². The fraction of sp³-hybridized carbons (Fsp3) is 0.0769. The topological polar surface area (TPSA) is 52.4 Å². The number of nitrogens with zero attached hydrogens (tertiary/aromatic N) is 1. The Balaban J connectivity index is 2.17. The molecule has 8 heteroatoms. The molecular weight excluding hydrogens is 355 g/mol. The lowest BCUT2D eigenvalue weighted by Gasteiger charge is -2.09. The monoisotopic (exact) mass is 361 g/mol. The van der Waals surface area contributed by atoms with Gasteiger partial charge >= 0.3 is 5.69 Å². The first-order valence-electron chi connectivity index (χ1n) is 5.58. The molecule has 2 aromatic rings.